The number of benzene rings is 2. The van der Waals surface area contributed by atoms with Crippen LogP contribution in [0.2, 0.25) is 0 Å². The zero-order valence-electron chi connectivity index (χ0n) is 16.5. The van der Waals surface area contributed by atoms with Gasteiger partial charge >= 0.3 is 5.97 Å². The molecule has 0 aliphatic carbocycles. The van der Waals surface area contributed by atoms with Crippen molar-refractivity contribution in [2.24, 2.45) is 0 Å². The molecule has 5 rings (SSSR count). The van der Waals surface area contributed by atoms with E-state index < -0.39 is 5.97 Å². The van der Waals surface area contributed by atoms with E-state index in [0.717, 1.165) is 33.5 Å². The first-order valence-electron chi connectivity index (χ1n) is 9.40. The lowest BCUT2D eigenvalue weighted by Gasteiger charge is -2.10. The van der Waals surface area contributed by atoms with Gasteiger partial charge in [0.2, 0.25) is 0 Å². The van der Waals surface area contributed by atoms with Gasteiger partial charge < -0.3 is 19.0 Å². The SMILES string of the molecule is COC(=O)c1cc(OC)c2c(c1)nc(-c1cc3ccccc3[nH]1)n2Cc1cn[nH]c1. The second-order valence-corrected chi connectivity index (χ2v) is 6.94. The third kappa shape index (κ3) is 2.89. The summed E-state index contributed by atoms with van der Waals surface area (Å²) in [6.07, 6.45) is 3.62. The minimum absolute atomic E-state index is 0.387. The highest BCUT2D eigenvalue weighted by atomic mass is 16.5. The Labute approximate surface area is 171 Å². The highest BCUT2D eigenvalue weighted by Gasteiger charge is 2.21. The number of imidazole rings is 1. The van der Waals surface area contributed by atoms with Crippen LogP contribution >= 0.6 is 0 Å². The Kier molecular flexibility index (Phi) is 4.24. The van der Waals surface area contributed by atoms with E-state index in [0.29, 0.717) is 23.4 Å². The predicted octanol–water partition coefficient (Wildman–Crippen LogP) is 3.75. The van der Waals surface area contributed by atoms with Crippen LogP contribution in [0.4, 0.5) is 0 Å². The van der Waals surface area contributed by atoms with Crippen molar-refractivity contribution in [3.05, 3.63) is 66.0 Å². The number of carbonyl (C=O) groups is 1. The first kappa shape index (κ1) is 18.0. The molecule has 0 radical (unpaired) electrons. The molecule has 2 aromatic carbocycles. The summed E-state index contributed by atoms with van der Waals surface area (Å²) >= 11 is 0. The zero-order chi connectivity index (χ0) is 20.7. The Morgan fingerprint density at radius 1 is 1.17 bits per heavy atom. The van der Waals surface area contributed by atoms with Crippen LogP contribution in [0.25, 0.3) is 33.5 Å². The number of para-hydroxylation sites is 1. The molecule has 0 fully saturated rings. The molecule has 2 N–H and O–H groups in total. The monoisotopic (exact) mass is 401 g/mol. The summed E-state index contributed by atoms with van der Waals surface area (Å²) in [6, 6.07) is 13.5. The van der Waals surface area contributed by atoms with Gasteiger partial charge in [-0.1, -0.05) is 18.2 Å². The van der Waals surface area contributed by atoms with E-state index in [-0.39, 0.29) is 0 Å². The largest absolute Gasteiger partial charge is 0.494 e. The van der Waals surface area contributed by atoms with Crippen LogP contribution < -0.4 is 4.74 Å². The third-order valence-electron chi connectivity index (χ3n) is 5.11. The molecule has 0 unspecified atom stereocenters. The van der Waals surface area contributed by atoms with Crippen molar-refractivity contribution in [1.82, 2.24) is 24.7 Å². The first-order chi connectivity index (χ1) is 14.7. The van der Waals surface area contributed by atoms with E-state index >= 15 is 0 Å². The van der Waals surface area contributed by atoms with Gasteiger partial charge in [-0.2, -0.15) is 5.10 Å². The van der Waals surface area contributed by atoms with Gasteiger partial charge in [-0.25, -0.2) is 9.78 Å². The molecule has 3 aromatic heterocycles. The molecule has 3 heterocycles. The molecule has 0 aliphatic heterocycles. The Balaban J connectivity index is 1.78. The molecule has 30 heavy (non-hydrogen) atoms. The molecule has 0 amide bonds. The molecule has 8 nitrogen and oxygen atoms in total. The van der Waals surface area contributed by atoms with E-state index in [2.05, 4.69) is 25.8 Å². The van der Waals surface area contributed by atoms with Crippen molar-refractivity contribution >= 4 is 27.9 Å². The lowest BCUT2D eigenvalue weighted by atomic mass is 10.2. The lowest BCUT2D eigenvalue weighted by Crippen LogP contribution is -2.05. The minimum atomic E-state index is -0.438. The third-order valence-corrected chi connectivity index (χ3v) is 5.11. The van der Waals surface area contributed by atoms with Crippen molar-refractivity contribution < 1.29 is 14.3 Å². The molecule has 0 spiro atoms. The maximum absolute atomic E-state index is 12.1. The van der Waals surface area contributed by atoms with E-state index in [4.69, 9.17) is 14.5 Å². The number of hydrogen-bond donors (Lipinski definition) is 2. The number of rotatable bonds is 5. The fraction of sp³-hybridized carbons (Fsp3) is 0.136. The van der Waals surface area contributed by atoms with Crippen LogP contribution in [0, 0.1) is 0 Å². The topological polar surface area (TPSA) is 97.8 Å². The quantitative estimate of drug-likeness (QED) is 0.437. The molecule has 0 bridgehead atoms. The second kappa shape index (κ2) is 7.07. The molecule has 8 heteroatoms. The average molecular weight is 401 g/mol. The fourth-order valence-corrected chi connectivity index (χ4v) is 3.72. The Hall–Kier alpha value is -4.07. The Morgan fingerprint density at radius 3 is 2.77 bits per heavy atom. The number of nitrogens with one attached hydrogen (secondary N) is 2. The van der Waals surface area contributed by atoms with Gasteiger partial charge in [-0.3, -0.25) is 5.10 Å². The van der Waals surface area contributed by atoms with Gasteiger partial charge in [0.25, 0.3) is 0 Å². The van der Waals surface area contributed by atoms with Crippen LogP contribution in [0.15, 0.2) is 54.9 Å². The molecule has 0 aliphatic rings. The number of H-pyrrole nitrogens is 2. The van der Waals surface area contributed by atoms with Crippen LogP contribution in [-0.2, 0) is 11.3 Å². The lowest BCUT2D eigenvalue weighted by molar-refractivity contribution is 0.0600. The molecule has 0 saturated carbocycles. The summed E-state index contributed by atoms with van der Waals surface area (Å²) in [6.45, 7) is 0.533. The smallest absolute Gasteiger partial charge is 0.338 e. The number of nitrogens with zero attached hydrogens (tertiary/aromatic N) is 3. The summed E-state index contributed by atoms with van der Waals surface area (Å²) in [5.74, 6) is 0.848. The van der Waals surface area contributed by atoms with Gasteiger partial charge in [-0.15, -0.1) is 0 Å². The number of aromatic nitrogens is 5. The van der Waals surface area contributed by atoms with Crippen molar-refractivity contribution in [3.8, 4) is 17.3 Å². The fourth-order valence-electron chi connectivity index (χ4n) is 3.72. The number of ether oxygens (including phenoxy) is 2. The molecule has 5 aromatic rings. The molecular weight excluding hydrogens is 382 g/mol. The summed E-state index contributed by atoms with van der Waals surface area (Å²) in [5.41, 5.74) is 4.71. The number of aromatic amines is 2. The van der Waals surface area contributed by atoms with Gasteiger partial charge in [0.15, 0.2) is 5.82 Å². The maximum Gasteiger partial charge on any atom is 0.338 e. The van der Waals surface area contributed by atoms with Crippen LogP contribution in [-0.4, -0.2) is 44.9 Å². The molecule has 0 saturated heterocycles. The van der Waals surface area contributed by atoms with E-state index in [1.807, 2.05) is 30.5 Å². The average Bonchev–Trinajstić information content (AvgIpc) is 3.51. The van der Waals surface area contributed by atoms with E-state index in [1.165, 1.54) is 7.11 Å². The van der Waals surface area contributed by atoms with E-state index in [9.17, 15) is 4.79 Å². The summed E-state index contributed by atoms with van der Waals surface area (Å²) in [5, 5.41) is 7.99. The second-order valence-electron chi connectivity index (χ2n) is 6.94. The van der Waals surface area contributed by atoms with Crippen molar-refractivity contribution in [2.45, 2.75) is 6.54 Å². The van der Waals surface area contributed by atoms with Crippen LogP contribution in [0.3, 0.4) is 0 Å². The highest BCUT2D eigenvalue weighted by molar-refractivity contribution is 5.97. The van der Waals surface area contributed by atoms with Crippen molar-refractivity contribution in [2.75, 3.05) is 14.2 Å². The summed E-state index contributed by atoms with van der Waals surface area (Å²) in [7, 11) is 2.93. The van der Waals surface area contributed by atoms with Gasteiger partial charge in [0.05, 0.1) is 43.7 Å². The molecule has 0 atom stereocenters. The normalized spacial score (nSPS) is 11.3. The summed E-state index contributed by atoms with van der Waals surface area (Å²) < 4.78 is 12.6. The molecule has 150 valence electrons. The van der Waals surface area contributed by atoms with Crippen LogP contribution in [0.1, 0.15) is 15.9 Å². The van der Waals surface area contributed by atoms with Gasteiger partial charge in [0.1, 0.15) is 11.3 Å². The first-order valence-corrected chi connectivity index (χ1v) is 9.40. The number of methoxy groups -OCH3 is 2. The number of carbonyl (C=O) groups excluding carboxylic acids is 1. The predicted molar refractivity (Wildman–Crippen MR) is 113 cm³/mol. The maximum atomic E-state index is 12.1. The summed E-state index contributed by atoms with van der Waals surface area (Å²) in [4.78, 5) is 20.4. The van der Waals surface area contributed by atoms with Crippen molar-refractivity contribution in [3.63, 3.8) is 0 Å². The standard InChI is InChI=1S/C22H19N5O3/c1-29-19-9-15(22(28)30-2)8-17-20(19)27(12-13-10-23-24-11-13)21(26-17)18-7-14-5-3-4-6-16(14)25-18/h3-11,25H,12H2,1-2H3,(H,23,24). The number of esters is 1. The minimum Gasteiger partial charge on any atom is -0.494 e. The Morgan fingerprint density at radius 2 is 2.03 bits per heavy atom. The van der Waals surface area contributed by atoms with Gasteiger partial charge in [-0.05, 0) is 24.3 Å². The van der Waals surface area contributed by atoms with E-state index in [1.54, 1.807) is 25.4 Å². The highest BCUT2D eigenvalue weighted by Crippen LogP contribution is 2.34. The number of fused-ring (bicyclic) bond motifs is 2. The number of hydrogen-bond acceptors (Lipinski definition) is 5. The van der Waals surface area contributed by atoms with Gasteiger partial charge in [0, 0.05) is 22.7 Å². The molecular formula is C22H19N5O3. The van der Waals surface area contributed by atoms with Crippen molar-refractivity contribution in [1.29, 1.82) is 0 Å². The van der Waals surface area contributed by atoms with Crippen LogP contribution in [0.5, 0.6) is 5.75 Å². The Bertz CT molecular complexity index is 1330. The zero-order valence-corrected chi connectivity index (χ0v) is 16.5.